The molecule has 0 amide bonds. The van der Waals surface area contributed by atoms with Gasteiger partial charge < -0.3 is 28.4 Å². The van der Waals surface area contributed by atoms with Crippen LogP contribution in [-0.4, -0.2) is 85.2 Å². The standard InChI is InChI=1S/C27H55ClO6/c1-2-3-4-5-6-7-8-9-10-11-12-13-14-16-29-18-20-31-22-24-33-26-27-34-25-23-32-21-19-30-17-15-28/h2-27H2,1H3. The summed E-state index contributed by atoms with van der Waals surface area (Å²) in [4.78, 5) is 0. The van der Waals surface area contributed by atoms with Gasteiger partial charge in [0.2, 0.25) is 0 Å². The molecule has 7 heteroatoms. The van der Waals surface area contributed by atoms with E-state index in [2.05, 4.69) is 6.92 Å². The third kappa shape index (κ3) is 32.0. The lowest BCUT2D eigenvalue weighted by Crippen LogP contribution is -2.14. The van der Waals surface area contributed by atoms with E-state index in [0.29, 0.717) is 78.6 Å². The molecule has 0 aliphatic carbocycles. The van der Waals surface area contributed by atoms with Gasteiger partial charge in [-0.25, -0.2) is 0 Å². The van der Waals surface area contributed by atoms with Crippen LogP contribution in [0.1, 0.15) is 90.4 Å². The molecule has 0 aromatic carbocycles. The average Bonchev–Trinajstić information content (AvgIpc) is 2.85. The third-order valence-corrected chi connectivity index (χ3v) is 5.63. The van der Waals surface area contributed by atoms with Crippen LogP contribution in [0.25, 0.3) is 0 Å². The number of hydrogen-bond donors (Lipinski definition) is 0. The molecule has 0 rings (SSSR count). The van der Waals surface area contributed by atoms with E-state index in [4.69, 9.17) is 40.0 Å². The van der Waals surface area contributed by atoms with E-state index >= 15 is 0 Å². The first kappa shape index (κ1) is 34.0. The van der Waals surface area contributed by atoms with Gasteiger partial charge in [0.1, 0.15) is 0 Å². The second-order valence-electron chi connectivity index (χ2n) is 8.61. The summed E-state index contributed by atoms with van der Waals surface area (Å²) in [7, 11) is 0. The Morgan fingerprint density at radius 2 is 0.588 bits per heavy atom. The largest absolute Gasteiger partial charge is 0.379 e. The molecule has 0 heterocycles. The van der Waals surface area contributed by atoms with Gasteiger partial charge in [0, 0.05) is 12.5 Å². The molecule has 0 radical (unpaired) electrons. The van der Waals surface area contributed by atoms with E-state index in [-0.39, 0.29) is 0 Å². The summed E-state index contributed by atoms with van der Waals surface area (Å²) in [6, 6.07) is 0. The molecule has 0 aromatic rings. The minimum Gasteiger partial charge on any atom is -0.379 e. The van der Waals surface area contributed by atoms with E-state index in [1.54, 1.807) is 0 Å². The van der Waals surface area contributed by atoms with E-state index in [9.17, 15) is 0 Å². The molecule has 6 nitrogen and oxygen atoms in total. The van der Waals surface area contributed by atoms with Crippen molar-refractivity contribution >= 4 is 11.6 Å². The first-order chi connectivity index (χ1) is 16.9. The highest BCUT2D eigenvalue weighted by atomic mass is 35.5. The van der Waals surface area contributed by atoms with Crippen molar-refractivity contribution in [3.63, 3.8) is 0 Å². The van der Waals surface area contributed by atoms with Gasteiger partial charge >= 0.3 is 0 Å². The third-order valence-electron chi connectivity index (χ3n) is 5.47. The van der Waals surface area contributed by atoms with Crippen molar-refractivity contribution in [2.75, 3.05) is 85.2 Å². The van der Waals surface area contributed by atoms with Crippen LogP contribution in [0.5, 0.6) is 0 Å². The minimum absolute atomic E-state index is 0.515. The fourth-order valence-corrected chi connectivity index (χ4v) is 3.59. The highest BCUT2D eigenvalue weighted by Crippen LogP contribution is 2.12. The van der Waals surface area contributed by atoms with Crippen LogP contribution in [-0.2, 0) is 28.4 Å². The molecule has 0 N–H and O–H groups in total. The Labute approximate surface area is 215 Å². The molecule has 0 aromatic heterocycles. The molecule has 0 aliphatic heterocycles. The molecule has 0 fully saturated rings. The number of alkyl halides is 1. The Balaban J connectivity index is 2.99. The summed E-state index contributed by atoms with van der Waals surface area (Å²) in [6.45, 7) is 9.55. The number of halogens is 1. The fourth-order valence-electron chi connectivity index (χ4n) is 3.48. The molecule has 0 atom stereocenters. The molecule has 0 aliphatic rings. The molecule has 0 bridgehead atoms. The summed E-state index contributed by atoms with van der Waals surface area (Å²) in [5.74, 6) is 0.515. The van der Waals surface area contributed by atoms with E-state index in [1.807, 2.05) is 0 Å². The lowest BCUT2D eigenvalue weighted by Gasteiger charge is -2.08. The zero-order valence-corrected chi connectivity index (χ0v) is 23.0. The molecular formula is C27H55ClO6. The quantitative estimate of drug-likeness (QED) is 0.0792. The Morgan fingerprint density at radius 3 is 0.912 bits per heavy atom. The number of rotatable bonds is 31. The number of hydrogen-bond acceptors (Lipinski definition) is 6. The summed E-state index contributed by atoms with van der Waals surface area (Å²) in [5.41, 5.74) is 0. The van der Waals surface area contributed by atoms with Crippen LogP contribution >= 0.6 is 11.6 Å². The molecule has 0 saturated carbocycles. The maximum absolute atomic E-state index is 5.64. The van der Waals surface area contributed by atoms with Crippen molar-refractivity contribution in [1.82, 2.24) is 0 Å². The average molecular weight is 511 g/mol. The summed E-state index contributed by atoms with van der Waals surface area (Å²) in [6.07, 6.45) is 17.9. The van der Waals surface area contributed by atoms with Crippen LogP contribution in [0.15, 0.2) is 0 Å². The van der Waals surface area contributed by atoms with Crippen molar-refractivity contribution in [2.24, 2.45) is 0 Å². The Kier molecular flexibility index (Phi) is 33.1. The summed E-state index contributed by atoms with van der Waals surface area (Å²) >= 11 is 5.51. The fraction of sp³-hybridized carbons (Fsp3) is 1.00. The summed E-state index contributed by atoms with van der Waals surface area (Å²) < 4.78 is 32.6. The van der Waals surface area contributed by atoms with Crippen LogP contribution < -0.4 is 0 Å². The normalized spacial score (nSPS) is 11.5. The topological polar surface area (TPSA) is 55.4 Å². The SMILES string of the molecule is CCCCCCCCCCCCCCCOCCOCCOCCOCCOCCOCCCl. The zero-order valence-electron chi connectivity index (χ0n) is 22.2. The second kappa shape index (κ2) is 33.0. The first-order valence-corrected chi connectivity index (χ1v) is 14.5. The molecular weight excluding hydrogens is 456 g/mol. The van der Waals surface area contributed by atoms with Gasteiger partial charge in [-0.2, -0.15) is 0 Å². The van der Waals surface area contributed by atoms with Crippen LogP contribution in [0, 0.1) is 0 Å². The predicted octanol–water partition coefficient (Wildman–Crippen LogP) is 6.42. The molecule has 206 valence electrons. The molecule has 34 heavy (non-hydrogen) atoms. The smallest absolute Gasteiger partial charge is 0.0701 e. The lowest BCUT2D eigenvalue weighted by atomic mass is 10.0. The van der Waals surface area contributed by atoms with Crippen LogP contribution in [0.2, 0.25) is 0 Å². The summed E-state index contributed by atoms with van der Waals surface area (Å²) in [5, 5.41) is 0. The van der Waals surface area contributed by atoms with Gasteiger partial charge in [0.15, 0.2) is 0 Å². The van der Waals surface area contributed by atoms with Crippen molar-refractivity contribution in [3.8, 4) is 0 Å². The lowest BCUT2D eigenvalue weighted by molar-refractivity contribution is -0.0162. The van der Waals surface area contributed by atoms with E-state index in [0.717, 1.165) is 13.0 Å². The van der Waals surface area contributed by atoms with Gasteiger partial charge in [0.25, 0.3) is 0 Å². The van der Waals surface area contributed by atoms with E-state index in [1.165, 1.54) is 77.0 Å². The highest BCUT2D eigenvalue weighted by molar-refractivity contribution is 6.17. The van der Waals surface area contributed by atoms with Crippen molar-refractivity contribution in [1.29, 1.82) is 0 Å². The second-order valence-corrected chi connectivity index (χ2v) is 8.98. The molecule has 0 spiro atoms. The van der Waals surface area contributed by atoms with E-state index < -0.39 is 0 Å². The Morgan fingerprint density at radius 1 is 0.324 bits per heavy atom. The van der Waals surface area contributed by atoms with Gasteiger partial charge in [-0.1, -0.05) is 84.0 Å². The number of ether oxygens (including phenoxy) is 6. The minimum atomic E-state index is 0.515. The van der Waals surface area contributed by atoms with Gasteiger partial charge in [0.05, 0.1) is 72.7 Å². The zero-order chi connectivity index (χ0) is 24.6. The van der Waals surface area contributed by atoms with Gasteiger partial charge in [-0.05, 0) is 6.42 Å². The number of unbranched alkanes of at least 4 members (excludes halogenated alkanes) is 12. The van der Waals surface area contributed by atoms with Crippen LogP contribution in [0.4, 0.5) is 0 Å². The van der Waals surface area contributed by atoms with Crippen molar-refractivity contribution < 1.29 is 28.4 Å². The molecule has 0 unspecified atom stereocenters. The maximum Gasteiger partial charge on any atom is 0.0701 e. The van der Waals surface area contributed by atoms with Crippen LogP contribution in [0.3, 0.4) is 0 Å². The van der Waals surface area contributed by atoms with Crippen molar-refractivity contribution in [3.05, 3.63) is 0 Å². The van der Waals surface area contributed by atoms with Crippen molar-refractivity contribution in [2.45, 2.75) is 90.4 Å². The van der Waals surface area contributed by atoms with Gasteiger partial charge in [-0.3, -0.25) is 0 Å². The highest BCUT2D eigenvalue weighted by Gasteiger charge is 1.96. The Bertz CT molecular complexity index is 317. The molecule has 0 saturated heterocycles. The monoisotopic (exact) mass is 510 g/mol. The Hall–Kier alpha value is 0.0500. The van der Waals surface area contributed by atoms with Gasteiger partial charge in [-0.15, -0.1) is 11.6 Å². The first-order valence-electron chi connectivity index (χ1n) is 13.9. The predicted molar refractivity (Wildman–Crippen MR) is 141 cm³/mol. The maximum atomic E-state index is 5.64.